The molecule has 0 bridgehead atoms. The van der Waals surface area contributed by atoms with Gasteiger partial charge in [0.25, 0.3) is 0 Å². The molecule has 0 aromatic heterocycles. The predicted octanol–water partition coefficient (Wildman–Crippen LogP) is 5.01. The Morgan fingerprint density at radius 1 is 0.875 bits per heavy atom. The van der Waals surface area contributed by atoms with Gasteiger partial charge in [-0.05, 0) is 49.9 Å². The molecule has 0 atom stereocenters. The van der Waals surface area contributed by atoms with E-state index in [-0.39, 0.29) is 0 Å². The molecule has 2 aliphatic carbocycles. The molecular formula is C22H31NO. The van der Waals surface area contributed by atoms with Gasteiger partial charge in [0.05, 0.1) is 13.7 Å². The number of hydrogen-bond acceptors (Lipinski definition) is 2. The summed E-state index contributed by atoms with van der Waals surface area (Å²) in [6.07, 6.45) is 14.0. The lowest BCUT2D eigenvalue weighted by atomic mass is 9.88. The lowest BCUT2D eigenvalue weighted by molar-refractivity contribution is 0.0961. The highest BCUT2D eigenvalue weighted by Crippen LogP contribution is 2.29. The van der Waals surface area contributed by atoms with Crippen LogP contribution in [0.4, 0.5) is 0 Å². The van der Waals surface area contributed by atoms with Crippen LogP contribution >= 0.6 is 0 Å². The normalized spacial score (nSPS) is 19.8. The molecule has 2 nitrogen and oxygen atoms in total. The highest BCUT2D eigenvalue weighted by molar-refractivity contribution is 5.38. The highest BCUT2D eigenvalue weighted by Gasteiger charge is 2.27. The number of hydrogen-bond donors (Lipinski definition) is 0. The van der Waals surface area contributed by atoms with Crippen LogP contribution in [0.3, 0.4) is 0 Å². The van der Waals surface area contributed by atoms with E-state index < -0.39 is 0 Å². The summed E-state index contributed by atoms with van der Waals surface area (Å²) in [6, 6.07) is 9.63. The smallest absolute Gasteiger partial charge is 0.118 e. The van der Waals surface area contributed by atoms with Gasteiger partial charge in [-0.25, -0.2) is 0 Å². The van der Waals surface area contributed by atoms with E-state index in [0.717, 1.165) is 29.9 Å². The molecule has 2 saturated carbocycles. The number of ether oxygens (including phenoxy) is 1. The molecule has 1 aromatic carbocycles. The molecule has 0 spiro atoms. The molecule has 2 heteroatoms. The zero-order chi connectivity index (χ0) is 16.6. The van der Waals surface area contributed by atoms with E-state index in [4.69, 9.17) is 4.74 Å². The molecule has 24 heavy (non-hydrogen) atoms. The molecular weight excluding hydrogens is 294 g/mol. The topological polar surface area (TPSA) is 12.5 Å². The van der Waals surface area contributed by atoms with Crippen molar-refractivity contribution in [2.24, 2.45) is 0 Å². The van der Waals surface area contributed by atoms with Crippen molar-refractivity contribution in [3.05, 3.63) is 29.8 Å². The Kier molecular flexibility index (Phi) is 6.61. The number of rotatable bonds is 4. The third kappa shape index (κ3) is 4.77. The first-order chi connectivity index (χ1) is 11.9. The first-order valence-corrected chi connectivity index (χ1v) is 9.75. The van der Waals surface area contributed by atoms with Crippen LogP contribution in [-0.2, 0) is 0 Å². The zero-order valence-corrected chi connectivity index (χ0v) is 15.1. The maximum absolute atomic E-state index is 5.21. The van der Waals surface area contributed by atoms with Gasteiger partial charge in [-0.3, -0.25) is 4.90 Å². The van der Waals surface area contributed by atoms with E-state index in [1.54, 1.807) is 7.11 Å². The molecule has 2 fully saturated rings. The fourth-order valence-electron chi connectivity index (χ4n) is 4.29. The Hall–Kier alpha value is -1.46. The summed E-state index contributed by atoms with van der Waals surface area (Å²) in [4.78, 5) is 2.76. The van der Waals surface area contributed by atoms with E-state index in [1.807, 2.05) is 12.1 Å². The summed E-state index contributed by atoms with van der Waals surface area (Å²) in [6.45, 7) is 0.932. The minimum atomic E-state index is 0.770. The van der Waals surface area contributed by atoms with Crippen LogP contribution in [-0.4, -0.2) is 30.6 Å². The fourth-order valence-corrected chi connectivity index (χ4v) is 4.29. The van der Waals surface area contributed by atoms with Gasteiger partial charge in [-0.15, -0.1) is 0 Å². The SMILES string of the molecule is COc1ccc(C#CCN(C2CCCCC2)C2CCCCC2)cc1. The molecule has 0 saturated heterocycles. The van der Waals surface area contributed by atoms with E-state index in [2.05, 4.69) is 28.9 Å². The van der Waals surface area contributed by atoms with Crippen molar-refractivity contribution in [2.45, 2.75) is 76.3 Å². The van der Waals surface area contributed by atoms with Gasteiger partial charge < -0.3 is 4.74 Å². The van der Waals surface area contributed by atoms with Gasteiger partial charge in [0.1, 0.15) is 5.75 Å². The van der Waals surface area contributed by atoms with Crippen molar-refractivity contribution >= 4 is 0 Å². The molecule has 2 aliphatic rings. The second kappa shape index (κ2) is 9.14. The lowest BCUT2D eigenvalue weighted by Crippen LogP contribution is -2.45. The molecule has 0 radical (unpaired) electrons. The van der Waals surface area contributed by atoms with E-state index in [9.17, 15) is 0 Å². The molecule has 0 heterocycles. The van der Waals surface area contributed by atoms with Crippen molar-refractivity contribution in [3.8, 4) is 17.6 Å². The number of benzene rings is 1. The van der Waals surface area contributed by atoms with Gasteiger partial charge in [0, 0.05) is 17.6 Å². The highest BCUT2D eigenvalue weighted by atomic mass is 16.5. The maximum Gasteiger partial charge on any atom is 0.118 e. The van der Waals surface area contributed by atoms with E-state index >= 15 is 0 Å². The fraction of sp³-hybridized carbons (Fsp3) is 0.636. The van der Waals surface area contributed by atoms with Gasteiger partial charge in [0.15, 0.2) is 0 Å². The molecule has 0 unspecified atom stereocenters. The van der Waals surface area contributed by atoms with Gasteiger partial charge >= 0.3 is 0 Å². The summed E-state index contributed by atoms with van der Waals surface area (Å²) < 4.78 is 5.21. The zero-order valence-electron chi connectivity index (χ0n) is 15.1. The Balaban J connectivity index is 1.65. The van der Waals surface area contributed by atoms with Crippen molar-refractivity contribution in [1.82, 2.24) is 4.90 Å². The largest absolute Gasteiger partial charge is 0.497 e. The van der Waals surface area contributed by atoms with Gasteiger partial charge in [-0.2, -0.15) is 0 Å². The second-order valence-corrected chi connectivity index (χ2v) is 7.29. The van der Waals surface area contributed by atoms with Crippen molar-refractivity contribution in [1.29, 1.82) is 0 Å². The minimum absolute atomic E-state index is 0.770. The third-order valence-corrected chi connectivity index (χ3v) is 5.67. The van der Waals surface area contributed by atoms with Crippen LogP contribution in [0.5, 0.6) is 5.75 Å². The lowest BCUT2D eigenvalue weighted by Gasteiger charge is -2.40. The first-order valence-electron chi connectivity index (χ1n) is 9.75. The van der Waals surface area contributed by atoms with Crippen LogP contribution < -0.4 is 4.74 Å². The molecule has 0 N–H and O–H groups in total. The summed E-state index contributed by atoms with van der Waals surface area (Å²) >= 11 is 0. The Morgan fingerprint density at radius 3 is 1.92 bits per heavy atom. The van der Waals surface area contributed by atoms with Crippen molar-refractivity contribution in [2.75, 3.05) is 13.7 Å². The molecule has 0 aliphatic heterocycles. The van der Waals surface area contributed by atoms with Gasteiger partial charge in [0.2, 0.25) is 0 Å². The number of nitrogens with zero attached hydrogens (tertiary/aromatic N) is 1. The average molecular weight is 325 g/mol. The van der Waals surface area contributed by atoms with Crippen molar-refractivity contribution in [3.63, 3.8) is 0 Å². The molecule has 130 valence electrons. The van der Waals surface area contributed by atoms with E-state index in [0.29, 0.717) is 0 Å². The van der Waals surface area contributed by atoms with Crippen LogP contribution in [0.1, 0.15) is 69.8 Å². The second-order valence-electron chi connectivity index (χ2n) is 7.29. The summed E-state index contributed by atoms with van der Waals surface area (Å²) in [7, 11) is 1.70. The average Bonchev–Trinajstić information content (AvgIpc) is 2.67. The molecule has 0 amide bonds. The van der Waals surface area contributed by atoms with Crippen LogP contribution in [0.2, 0.25) is 0 Å². The third-order valence-electron chi connectivity index (χ3n) is 5.67. The van der Waals surface area contributed by atoms with Crippen LogP contribution in [0.25, 0.3) is 0 Å². The maximum atomic E-state index is 5.21. The molecule has 1 aromatic rings. The number of methoxy groups -OCH3 is 1. The van der Waals surface area contributed by atoms with Crippen LogP contribution in [0, 0.1) is 11.8 Å². The standard InChI is InChI=1S/C22H31NO/c1-24-22-16-14-19(15-17-22)9-8-18-23(20-10-4-2-5-11-20)21-12-6-3-7-13-21/h14-17,20-21H,2-7,10-13,18H2,1H3. The Bertz CT molecular complexity index is 524. The summed E-state index contributed by atoms with van der Waals surface area (Å²) in [5.74, 6) is 7.72. The Labute approximate surface area is 147 Å². The monoisotopic (exact) mass is 325 g/mol. The van der Waals surface area contributed by atoms with Crippen molar-refractivity contribution < 1.29 is 4.74 Å². The van der Waals surface area contributed by atoms with E-state index in [1.165, 1.54) is 64.2 Å². The quantitative estimate of drug-likeness (QED) is 0.721. The predicted molar refractivity (Wildman–Crippen MR) is 100 cm³/mol. The van der Waals surface area contributed by atoms with Gasteiger partial charge in [-0.1, -0.05) is 50.4 Å². The Morgan fingerprint density at radius 2 is 1.42 bits per heavy atom. The minimum Gasteiger partial charge on any atom is -0.497 e. The first kappa shape index (κ1) is 17.4. The molecule has 3 rings (SSSR count). The van der Waals surface area contributed by atoms with Crippen LogP contribution in [0.15, 0.2) is 24.3 Å². The summed E-state index contributed by atoms with van der Waals surface area (Å²) in [5.41, 5.74) is 1.09. The summed E-state index contributed by atoms with van der Waals surface area (Å²) in [5, 5.41) is 0.